The van der Waals surface area contributed by atoms with Gasteiger partial charge in [0.25, 0.3) is 0 Å². The van der Waals surface area contributed by atoms with Gasteiger partial charge in [0, 0.05) is 0 Å². The van der Waals surface area contributed by atoms with E-state index in [4.69, 9.17) is 0 Å². The zero-order valence-corrected chi connectivity index (χ0v) is 11.6. The van der Waals surface area contributed by atoms with Gasteiger partial charge in [-0.25, -0.2) is 0 Å². The van der Waals surface area contributed by atoms with Crippen molar-refractivity contribution in [3.8, 4) is 0 Å². The molecule has 0 saturated heterocycles. The third-order valence-electron chi connectivity index (χ3n) is 1.54. The normalized spacial score (nSPS) is 20.8. The van der Waals surface area contributed by atoms with E-state index >= 15 is 0 Å². The van der Waals surface area contributed by atoms with E-state index in [1.54, 1.807) is 0 Å². The Bertz CT molecular complexity index is 222. The van der Waals surface area contributed by atoms with Crippen LogP contribution in [0.2, 0.25) is 0 Å². The Hall–Kier alpha value is 0.458. The Labute approximate surface area is 83.6 Å². The molecule has 1 aliphatic rings. The molecule has 0 bridgehead atoms. The zero-order chi connectivity index (χ0) is 9.57. The van der Waals surface area contributed by atoms with Crippen molar-refractivity contribution in [2.45, 2.75) is 52.6 Å². The summed E-state index contributed by atoms with van der Waals surface area (Å²) in [6, 6.07) is 0. The van der Waals surface area contributed by atoms with Crippen LogP contribution in [0.1, 0.15) is 41.5 Å². The molecule has 2 nitrogen and oxygen atoms in total. The van der Waals surface area contributed by atoms with Crippen LogP contribution in [0.4, 0.5) is 0 Å². The molecule has 0 radical (unpaired) electrons. The Balaban J connectivity index is 2.66. The summed E-state index contributed by atoms with van der Waals surface area (Å²) < 4.78 is 5.10. The Morgan fingerprint density at radius 3 is 1.58 bits per heavy atom. The van der Waals surface area contributed by atoms with Gasteiger partial charge in [-0.2, -0.15) is 0 Å². The second-order valence-electron chi connectivity index (χ2n) is 5.10. The first-order valence-corrected chi connectivity index (χ1v) is 6.73. The van der Waals surface area contributed by atoms with E-state index in [1.165, 1.54) is 8.52 Å². The van der Waals surface area contributed by atoms with Crippen LogP contribution < -0.4 is 0 Å². The van der Waals surface area contributed by atoms with Gasteiger partial charge in [0.1, 0.15) is 0 Å². The molecule has 0 aliphatic carbocycles. The minimum atomic E-state index is 0.278. The summed E-state index contributed by atoms with van der Waals surface area (Å²) >= 11 is 0.278. The third kappa shape index (κ3) is 2.24. The monoisotopic (exact) mass is 248 g/mol. The predicted molar refractivity (Wildman–Crippen MR) is 52.7 cm³/mol. The molecule has 1 aliphatic heterocycles. The van der Waals surface area contributed by atoms with Crippen LogP contribution in [0.15, 0.2) is 0 Å². The van der Waals surface area contributed by atoms with Gasteiger partial charge < -0.3 is 0 Å². The maximum absolute atomic E-state index is 2.55. The van der Waals surface area contributed by atoms with Crippen molar-refractivity contribution in [2.75, 3.05) is 0 Å². The van der Waals surface area contributed by atoms with E-state index in [0.717, 1.165) is 0 Å². The van der Waals surface area contributed by atoms with E-state index < -0.39 is 0 Å². The van der Waals surface area contributed by atoms with Crippen molar-refractivity contribution in [3.63, 3.8) is 0 Å². The van der Waals surface area contributed by atoms with Gasteiger partial charge in [-0.15, -0.1) is 0 Å². The van der Waals surface area contributed by atoms with Gasteiger partial charge in [0.15, 0.2) is 0 Å². The van der Waals surface area contributed by atoms with Gasteiger partial charge in [0.05, 0.1) is 0 Å². The van der Waals surface area contributed by atoms with Gasteiger partial charge in [-0.1, -0.05) is 0 Å². The SMILES string of the molecule is CC(C)(C)[N+]1=P[N+](C(C)(C)C)=[As]1. The Morgan fingerprint density at radius 1 is 0.917 bits per heavy atom. The second-order valence-corrected chi connectivity index (χ2v) is 9.50. The van der Waals surface area contributed by atoms with Gasteiger partial charge in [-0.3, -0.25) is 0 Å². The molecule has 4 heteroatoms. The summed E-state index contributed by atoms with van der Waals surface area (Å²) in [5.41, 5.74) is 0.729. The van der Waals surface area contributed by atoms with Crippen LogP contribution in [0.3, 0.4) is 0 Å². The molecular weight excluding hydrogens is 230 g/mol. The molecule has 0 aromatic carbocycles. The van der Waals surface area contributed by atoms with Gasteiger partial charge >= 0.3 is 83.4 Å². The fourth-order valence-corrected chi connectivity index (χ4v) is 4.25. The summed E-state index contributed by atoms with van der Waals surface area (Å²) in [5, 5.41) is 0. The van der Waals surface area contributed by atoms with E-state index in [2.05, 4.69) is 48.0 Å². The first-order valence-electron chi connectivity index (χ1n) is 4.25. The molecule has 0 amide bonds. The molecule has 0 spiro atoms. The van der Waals surface area contributed by atoms with Crippen LogP contribution in [-0.2, 0) is 0 Å². The molecular formula is C8H18AsN2P+2. The van der Waals surface area contributed by atoms with Crippen LogP contribution in [-0.4, -0.2) is 33.3 Å². The number of hydrogen-bond acceptors (Lipinski definition) is 0. The number of hydrogen-bond donors (Lipinski definition) is 0. The molecule has 68 valence electrons. The summed E-state index contributed by atoms with van der Waals surface area (Å²) in [5.74, 6) is 0. The molecule has 1 heterocycles. The van der Waals surface area contributed by atoms with Crippen molar-refractivity contribution in [1.29, 1.82) is 0 Å². The van der Waals surface area contributed by atoms with E-state index in [0.29, 0.717) is 11.1 Å². The molecule has 0 N–H and O–H groups in total. The fourth-order valence-electron chi connectivity index (χ4n) is 0.701. The summed E-state index contributed by atoms with van der Waals surface area (Å²) in [6.07, 6.45) is 0. The summed E-state index contributed by atoms with van der Waals surface area (Å²) in [4.78, 5) is 0. The third-order valence-corrected chi connectivity index (χ3v) is 8.14. The quantitative estimate of drug-likeness (QED) is 0.459. The molecule has 0 atom stereocenters. The van der Waals surface area contributed by atoms with Gasteiger partial charge in [0.2, 0.25) is 0 Å². The maximum atomic E-state index is 2.55. The molecule has 0 saturated carbocycles. The van der Waals surface area contributed by atoms with Crippen LogP contribution in [0.5, 0.6) is 0 Å². The van der Waals surface area contributed by atoms with Crippen LogP contribution in [0.25, 0.3) is 0 Å². The van der Waals surface area contributed by atoms with Crippen molar-refractivity contribution >= 4 is 24.3 Å². The molecule has 0 unspecified atom stereocenters. The van der Waals surface area contributed by atoms with Crippen molar-refractivity contribution in [3.05, 3.63) is 0 Å². The van der Waals surface area contributed by atoms with Crippen molar-refractivity contribution in [1.82, 2.24) is 0 Å². The van der Waals surface area contributed by atoms with E-state index in [9.17, 15) is 0 Å². The second kappa shape index (κ2) is 2.99. The average molecular weight is 248 g/mol. The van der Waals surface area contributed by atoms with Gasteiger partial charge in [-0.05, 0) is 0 Å². The predicted octanol–water partition coefficient (Wildman–Crippen LogP) is 2.47. The van der Waals surface area contributed by atoms with E-state index in [1.807, 2.05) is 0 Å². The number of rotatable bonds is 0. The standard InChI is InChI=1S/C8H18AsN2P/c1-7(2,3)10-9-11(12-10)8(4,5)6/h1-6H3/q+2. The Morgan fingerprint density at radius 2 is 1.33 bits per heavy atom. The molecule has 0 aromatic heterocycles. The molecule has 12 heavy (non-hydrogen) atoms. The van der Waals surface area contributed by atoms with Crippen LogP contribution in [0, 0.1) is 0 Å². The summed E-state index contributed by atoms with van der Waals surface area (Å²) in [6.45, 7) is 13.7. The molecule has 0 fully saturated rings. The summed E-state index contributed by atoms with van der Waals surface area (Å²) in [7, 11) is 1.41. The molecule has 0 aromatic rings. The van der Waals surface area contributed by atoms with Crippen molar-refractivity contribution < 1.29 is 6.46 Å². The minimum absolute atomic E-state index is 0.278. The first-order chi connectivity index (χ1) is 5.21. The Kier molecular flexibility index (Phi) is 2.63. The number of nitrogens with zero attached hydrogens (tertiary/aromatic N) is 2. The van der Waals surface area contributed by atoms with Crippen molar-refractivity contribution in [2.24, 2.45) is 0 Å². The topological polar surface area (TPSA) is 6.02 Å². The first kappa shape index (κ1) is 10.5. The van der Waals surface area contributed by atoms with Crippen LogP contribution >= 0.6 is 8.52 Å². The zero-order valence-electron chi connectivity index (χ0n) is 8.79. The fraction of sp³-hybridized carbons (Fsp3) is 1.00. The molecule has 1 rings (SSSR count). The van der Waals surface area contributed by atoms with E-state index in [-0.39, 0.29) is 15.8 Å². The average Bonchev–Trinajstić information content (AvgIpc) is 1.46.